The smallest absolute Gasteiger partial charge is 0.340 e. The van der Waals surface area contributed by atoms with Crippen molar-refractivity contribution in [2.45, 2.75) is 40.2 Å². The summed E-state index contributed by atoms with van der Waals surface area (Å²) in [7, 11) is -3.09. The van der Waals surface area contributed by atoms with Crippen LogP contribution in [-0.4, -0.2) is 53.2 Å². The maximum atomic E-state index is 12.8. The van der Waals surface area contributed by atoms with Crippen molar-refractivity contribution in [1.82, 2.24) is 14.8 Å². The number of aryl methyl sites for hydroxylation is 2. The molecule has 1 aliphatic heterocycles. The second kappa shape index (κ2) is 7.42. The molecule has 28 heavy (non-hydrogen) atoms. The predicted octanol–water partition coefficient (Wildman–Crippen LogP) is 1.93. The molecule has 3 heterocycles. The summed E-state index contributed by atoms with van der Waals surface area (Å²) in [5.74, 6) is -0.371. The Morgan fingerprint density at radius 3 is 2.68 bits per heavy atom. The molecule has 10 heteroatoms. The molecule has 2 N–H and O–H groups in total. The number of nitrogens with one attached hydrogen (secondary N) is 2. The van der Waals surface area contributed by atoms with Crippen LogP contribution in [0.5, 0.6) is 0 Å². The van der Waals surface area contributed by atoms with Crippen LogP contribution in [0.1, 0.15) is 57.2 Å². The lowest BCUT2D eigenvalue weighted by Gasteiger charge is -2.13. The van der Waals surface area contributed by atoms with Crippen LogP contribution in [0.15, 0.2) is 6.07 Å². The maximum Gasteiger partial charge on any atom is 0.340 e. The van der Waals surface area contributed by atoms with Crippen LogP contribution in [-0.2, 0) is 14.6 Å². The van der Waals surface area contributed by atoms with Crippen LogP contribution in [0, 0.1) is 20.8 Å². The van der Waals surface area contributed by atoms with E-state index in [-0.39, 0.29) is 29.8 Å². The molecule has 0 aliphatic carbocycles. The Morgan fingerprint density at radius 1 is 1.36 bits per heavy atom. The van der Waals surface area contributed by atoms with E-state index in [2.05, 4.69) is 15.4 Å². The van der Waals surface area contributed by atoms with Gasteiger partial charge in [0, 0.05) is 11.8 Å². The Morgan fingerprint density at radius 2 is 2.07 bits per heavy atom. The zero-order chi connectivity index (χ0) is 20.6. The van der Waals surface area contributed by atoms with E-state index in [1.54, 1.807) is 38.4 Å². The zero-order valence-corrected chi connectivity index (χ0v) is 17.1. The van der Waals surface area contributed by atoms with Gasteiger partial charge in [-0.25, -0.2) is 17.9 Å². The summed E-state index contributed by atoms with van der Waals surface area (Å²) in [5, 5.41) is 7.14. The quantitative estimate of drug-likeness (QED) is 0.729. The van der Waals surface area contributed by atoms with Gasteiger partial charge in [0.25, 0.3) is 5.91 Å². The van der Waals surface area contributed by atoms with Crippen LogP contribution < -0.4 is 5.32 Å². The molecule has 1 saturated heterocycles. The van der Waals surface area contributed by atoms with Gasteiger partial charge in [-0.1, -0.05) is 0 Å². The lowest BCUT2D eigenvalue weighted by Crippen LogP contribution is -2.20. The number of aromatic amines is 1. The normalized spacial score (nSPS) is 18.2. The highest BCUT2D eigenvalue weighted by atomic mass is 32.2. The van der Waals surface area contributed by atoms with Crippen molar-refractivity contribution in [1.29, 1.82) is 0 Å². The number of amides is 1. The number of rotatable bonds is 5. The number of H-pyrrole nitrogens is 1. The Hall–Kier alpha value is -2.62. The fourth-order valence-electron chi connectivity index (χ4n) is 3.52. The molecule has 0 bridgehead atoms. The Balaban J connectivity index is 1.87. The summed E-state index contributed by atoms with van der Waals surface area (Å²) in [4.78, 5) is 27.9. The lowest BCUT2D eigenvalue weighted by molar-refractivity contribution is 0.0525. The number of carbonyl (C=O) groups excluding carboxylic acids is 2. The first-order chi connectivity index (χ1) is 13.1. The van der Waals surface area contributed by atoms with E-state index in [9.17, 15) is 18.0 Å². The molecule has 3 rings (SSSR count). The monoisotopic (exact) mass is 408 g/mol. The van der Waals surface area contributed by atoms with Crippen molar-refractivity contribution in [3.63, 3.8) is 0 Å². The third-order valence-corrected chi connectivity index (χ3v) is 6.55. The van der Waals surface area contributed by atoms with Crippen LogP contribution >= 0.6 is 0 Å². The number of esters is 1. The van der Waals surface area contributed by atoms with E-state index in [0.29, 0.717) is 34.8 Å². The van der Waals surface area contributed by atoms with Gasteiger partial charge < -0.3 is 15.0 Å². The fraction of sp³-hybridized carbons (Fsp3) is 0.500. The molecule has 0 aromatic carbocycles. The van der Waals surface area contributed by atoms with Gasteiger partial charge in [-0.05, 0) is 39.7 Å². The Kier molecular flexibility index (Phi) is 5.33. The van der Waals surface area contributed by atoms with Gasteiger partial charge in [-0.2, -0.15) is 5.10 Å². The SMILES string of the molecule is CCOC(=O)c1c(C)[nH]c(C(=O)Nc2cc(C)nn2C2CCS(=O)(=O)C2)c1C. The summed E-state index contributed by atoms with van der Waals surface area (Å²) >= 11 is 0. The summed E-state index contributed by atoms with van der Waals surface area (Å²) in [5.41, 5.74) is 2.32. The van der Waals surface area contributed by atoms with Crippen molar-refractivity contribution in [2.24, 2.45) is 0 Å². The molecule has 1 unspecified atom stereocenters. The van der Waals surface area contributed by atoms with Crippen molar-refractivity contribution >= 4 is 27.5 Å². The molecule has 1 fully saturated rings. The average Bonchev–Trinajstić information content (AvgIpc) is 3.23. The molecular formula is C18H24N4O5S. The van der Waals surface area contributed by atoms with Crippen LogP contribution in [0.2, 0.25) is 0 Å². The van der Waals surface area contributed by atoms with Crippen molar-refractivity contribution in [3.05, 3.63) is 34.3 Å². The summed E-state index contributed by atoms with van der Waals surface area (Å²) in [6, 6.07) is 1.39. The second-order valence-corrected chi connectivity index (χ2v) is 9.20. The number of aromatic nitrogens is 3. The van der Waals surface area contributed by atoms with Crippen LogP contribution in [0.25, 0.3) is 0 Å². The molecule has 9 nitrogen and oxygen atoms in total. The second-order valence-electron chi connectivity index (χ2n) is 6.97. The van der Waals surface area contributed by atoms with Gasteiger partial charge in [-0.3, -0.25) is 4.79 Å². The van der Waals surface area contributed by atoms with Crippen LogP contribution in [0.3, 0.4) is 0 Å². The average molecular weight is 408 g/mol. The minimum atomic E-state index is -3.09. The Bertz CT molecular complexity index is 1030. The van der Waals surface area contributed by atoms with Gasteiger partial charge in [0.1, 0.15) is 11.5 Å². The highest BCUT2D eigenvalue weighted by Crippen LogP contribution is 2.28. The fourth-order valence-corrected chi connectivity index (χ4v) is 5.21. The van der Waals surface area contributed by atoms with Gasteiger partial charge >= 0.3 is 5.97 Å². The third-order valence-electron chi connectivity index (χ3n) is 4.80. The molecule has 0 spiro atoms. The summed E-state index contributed by atoms with van der Waals surface area (Å²) < 4.78 is 30.2. The number of ether oxygens (including phenoxy) is 1. The molecule has 0 radical (unpaired) electrons. The van der Waals surface area contributed by atoms with E-state index in [4.69, 9.17) is 4.74 Å². The van der Waals surface area contributed by atoms with Crippen molar-refractivity contribution in [2.75, 3.05) is 23.4 Å². The number of carbonyl (C=O) groups is 2. The predicted molar refractivity (Wildman–Crippen MR) is 103 cm³/mol. The molecule has 1 aliphatic rings. The van der Waals surface area contributed by atoms with E-state index in [1.807, 2.05) is 0 Å². The number of hydrogen-bond acceptors (Lipinski definition) is 6. The first-order valence-electron chi connectivity index (χ1n) is 9.07. The van der Waals surface area contributed by atoms with E-state index < -0.39 is 21.7 Å². The molecular weight excluding hydrogens is 384 g/mol. The number of sulfone groups is 1. The van der Waals surface area contributed by atoms with Crippen LogP contribution in [0.4, 0.5) is 5.82 Å². The van der Waals surface area contributed by atoms with Gasteiger partial charge in [-0.15, -0.1) is 0 Å². The standard InChI is InChI=1S/C18H24N4O5S/c1-5-27-18(24)15-11(3)16(19-12(15)4)17(23)20-14-8-10(2)21-22(14)13-6-7-28(25,26)9-13/h8,13,19H,5-7,9H2,1-4H3,(H,20,23). The topological polar surface area (TPSA) is 123 Å². The molecule has 2 aromatic rings. The largest absolute Gasteiger partial charge is 0.462 e. The van der Waals surface area contributed by atoms with Gasteiger partial charge in [0.15, 0.2) is 9.84 Å². The van der Waals surface area contributed by atoms with E-state index in [0.717, 1.165) is 0 Å². The highest BCUT2D eigenvalue weighted by Gasteiger charge is 2.32. The van der Waals surface area contributed by atoms with Gasteiger partial charge in [0.2, 0.25) is 0 Å². The first-order valence-corrected chi connectivity index (χ1v) is 10.9. The molecule has 2 aromatic heterocycles. The van der Waals surface area contributed by atoms with Crippen molar-refractivity contribution < 1.29 is 22.7 Å². The first kappa shape index (κ1) is 20.1. The molecule has 1 amide bonds. The van der Waals surface area contributed by atoms with Gasteiger partial charge in [0.05, 0.1) is 35.4 Å². The maximum absolute atomic E-state index is 12.8. The molecule has 0 saturated carbocycles. The number of anilines is 1. The molecule has 1 atom stereocenters. The zero-order valence-electron chi connectivity index (χ0n) is 16.3. The lowest BCUT2D eigenvalue weighted by atomic mass is 10.1. The number of hydrogen-bond donors (Lipinski definition) is 2. The minimum absolute atomic E-state index is 0.00460. The van der Waals surface area contributed by atoms with Crippen molar-refractivity contribution in [3.8, 4) is 0 Å². The highest BCUT2D eigenvalue weighted by molar-refractivity contribution is 7.91. The van der Waals surface area contributed by atoms with E-state index >= 15 is 0 Å². The summed E-state index contributed by atoms with van der Waals surface area (Å²) in [6.45, 7) is 7.12. The molecule has 152 valence electrons. The number of nitrogens with zero attached hydrogens (tertiary/aromatic N) is 2. The van der Waals surface area contributed by atoms with E-state index in [1.165, 1.54) is 0 Å². The minimum Gasteiger partial charge on any atom is -0.462 e. The third kappa shape index (κ3) is 3.82. The Labute approximate surface area is 163 Å². The summed E-state index contributed by atoms with van der Waals surface area (Å²) in [6.07, 6.45) is 0.458.